The van der Waals surface area contributed by atoms with Gasteiger partial charge in [0.2, 0.25) is 0 Å². The van der Waals surface area contributed by atoms with Gasteiger partial charge in [0.05, 0.1) is 12.9 Å². The van der Waals surface area contributed by atoms with E-state index in [1.165, 1.54) is 12.0 Å². The SMILES string of the molecule is C1=NCC2NCC(c3ccccc3)CC2N1. The van der Waals surface area contributed by atoms with Gasteiger partial charge in [-0.2, -0.15) is 0 Å². The van der Waals surface area contributed by atoms with Crippen LogP contribution in [-0.4, -0.2) is 31.5 Å². The summed E-state index contributed by atoms with van der Waals surface area (Å²) in [6, 6.07) is 11.8. The summed E-state index contributed by atoms with van der Waals surface area (Å²) in [7, 11) is 0. The fourth-order valence-corrected chi connectivity index (χ4v) is 2.66. The summed E-state index contributed by atoms with van der Waals surface area (Å²) >= 11 is 0. The molecule has 1 aromatic carbocycles. The van der Waals surface area contributed by atoms with Crippen LogP contribution in [0.5, 0.6) is 0 Å². The van der Waals surface area contributed by atoms with Crippen molar-refractivity contribution in [2.45, 2.75) is 24.4 Å². The maximum atomic E-state index is 4.26. The Kier molecular flexibility index (Phi) is 2.62. The third kappa shape index (κ3) is 1.83. The van der Waals surface area contributed by atoms with Gasteiger partial charge in [-0.25, -0.2) is 0 Å². The Morgan fingerprint density at radius 1 is 1.12 bits per heavy atom. The Hall–Kier alpha value is -1.35. The van der Waals surface area contributed by atoms with Crippen LogP contribution in [0.2, 0.25) is 0 Å². The minimum atomic E-state index is 0.518. The van der Waals surface area contributed by atoms with Gasteiger partial charge in [0.25, 0.3) is 0 Å². The average Bonchev–Trinajstić information content (AvgIpc) is 2.39. The van der Waals surface area contributed by atoms with Crippen molar-refractivity contribution in [1.82, 2.24) is 10.6 Å². The van der Waals surface area contributed by atoms with Crippen LogP contribution in [0.15, 0.2) is 35.3 Å². The van der Waals surface area contributed by atoms with Crippen molar-refractivity contribution in [3.63, 3.8) is 0 Å². The first kappa shape index (κ1) is 9.85. The van der Waals surface area contributed by atoms with E-state index in [1.807, 2.05) is 6.34 Å². The smallest absolute Gasteiger partial charge is 0.0827 e. The van der Waals surface area contributed by atoms with Crippen molar-refractivity contribution in [2.75, 3.05) is 13.1 Å². The van der Waals surface area contributed by atoms with Crippen LogP contribution < -0.4 is 10.6 Å². The molecule has 84 valence electrons. The van der Waals surface area contributed by atoms with Crippen molar-refractivity contribution >= 4 is 6.34 Å². The normalized spacial score (nSPS) is 32.9. The van der Waals surface area contributed by atoms with E-state index in [-0.39, 0.29) is 0 Å². The second kappa shape index (κ2) is 4.26. The van der Waals surface area contributed by atoms with Crippen LogP contribution in [0.3, 0.4) is 0 Å². The van der Waals surface area contributed by atoms with E-state index in [0.29, 0.717) is 18.0 Å². The van der Waals surface area contributed by atoms with E-state index < -0.39 is 0 Å². The minimum Gasteiger partial charge on any atom is -0.372 e. The van der Waals surface area contributed by atoms with Crippen molar-refractivity contribution in [3.05, 3.63) is 35.9 Å². The summed E-state index contributed by atoms with van der Waals surface area (Å²) in [5, 5.41) is 6.96. The summed E-state index contributed by atoms with van der Waals surface area (Å²) in [6.07, 6.45) is 3.06. The summed E-state index contributed by atoms with van der Waals surface area (Å²) in [6.45, 7) is 1.99. The molecule has 0 amide bonds. The zero-order chi connectivity index (χ0) is 10.8. The lowest BCUT2D eigenvalue weighted by Gasteiger charge is -2.38. The maximum absolute atomic E-state index is 4.26. The first-order valence-corrected chi connectivity index (χ1v) is 5.96. The largest absolute Gasteiger partial charge is 0.372 e. The molecule has 2 N–H and O–H groups in total. The molecule has 3 atom stereocenters. The first-order chi connectivity index (χ1) is 7.93. The predicted molar refractivity (Wildman–Crippen MR) is 65.9 cm³/mol. The lowest BCUT2D eigenvalue weighted by Crippen LogP contribution is -2.57. The van der Waals surface area contributed by atoms with Gasteiger partial charge in [-0.15, -0.1) is 0 Å². The molecule has 0 bridgehead atoms. The minimum absolute atomic E-state index is 0.518. The Morgan fingerprint density at radius 3 is 2.88 bits per heavy atom. The fourth-order valence-electron chi connectivity index (χ4n) is 2.66. The van der Waals surface area contributed by atoms with E-state index in [0.717, 1.165) is 13.1 Å². The van der Waals surface area contributed by atoms with Crippen molar-refractivity contribution in [3.8, 4) is 0 Å². The number of piperidine rings is 1. The molecule has 2 heterocycles. The molecule has 0 aromatic heterocycles. The molecule has 3 rings (SSSR count). The molecule has 2 aliphatic heterocycles. The average molecular weight is 215 g/mol. The topological polar surface area (TPSA) is 36.4 Å². The number of nitrogens with zero attached hydrogens (tertiary/aromatic N) is 1. The number of hydrogen-bond donors (Lipinski definition) is 2. The van der Waals surface area contributed by atoms with Crippen LogP contribution >= 0.6 is 0 Å². The van der Waals surface area contributed by atoms with Gasteiger partial charge in [0.15, 0.2) is 0 Å². The molecule has 3 nitrogen and oxygen atoms in total. The second-order valence-corrected chi connectivity index (χ2v) is 4.63. The van der Waals surface area contributed by atoms with Crippen molar-refractivity contribution < 1.29 is 0 Å². The standard InChI is InChI=1S/C13H17N3/c1-2-4-10(5-3-1)11-6-12-13(15-7-11)8-14-9-16-12/h1-5,9,11-13,15H,6-8H2,(H,14,16). The number of nitrogens with one attached hydrogen (secondary N) is 2. The highest BCUT2D eigenvalue weighted by Crippen LogP contribution is 2.25. The highest BCUT2D eigenvalue weighted by Gasteiger charge is 2.31. The van der Waals surface area contributed by atoms with Gasteiger partial charge < -0.3 is 10.6 Å². The molecule has 3 unspecified atom stereocenters. The van der Waals surface area contributed by atoms with E-state index in [2.05, 4.69) is 46.0 Å². The highest BCUT2D eigenvalue weighted by atomic mass is 15.1. The molecule has 0 saturated carbocycles. The maximum Gasteiger partial charge on any atom is 0.0827 e. The molecule has 1 fully saturated rings. The van der Waals surface area contributed by atoms with E-state index in [1.54, 1.807) is 0 Å². The summed E-state index contributed by atoms with van der Waals surface area (Å²) in [5.74, 6) is 0.626. The lowest BCUT2D eigenvalue weighted by atomic mass is 9.85. The molecular weight excluding hydrogens is 198 g/mol. The molecule has 2 aliphatic rings. The molecule has 3 heteroatoms. The van der Waals surface area contributed by atoms with Gasteiger partial charge in [-0.1, -0.05) is 30.3 Å². The molecule has 0 radical (unpaired) electrons. The summed E-state index contributed by atoms with van der Waals surface area (Å²) < 4.78 is 0. The van der Waals surface area contributed by atoms with Gasteiger partial charge >= 0.3 is 0 Å². The van der Waals surface area contributed by atoms with E-state index in [4.69, 9.17) is 0 Å². The van der Waals surface area contributed by atoms with Gasteiger partial charge in [-0.3, -0.25) is 4.99 Å². The van der Waals surface area contributed by atoms with E-state index in [9.17, 15) is 0 Å². The third-order valence-corrected chi connectivity index (χ3v) is 3.60. The number of rotatable bonds is 1. The monoisotopic (exact) mass is 215 g/mol. The Bertz CT molecular complexity index is 374. The quantitative estimate of drug-likeness (QED) is 0.737. The van der Waals surface area contributed by atoms with Crippen molar-refractivity contribution in [1.29, 1.82) is 0 Å². The van der Waals surface area contributed by atoms with Crippen LogP contribution in [-0.2, 0) is 0 Å². The van der Waals surface area contributed by atoms with Crippen LogP contribution in [0, 0.1) is 0 Å². The number of fused-ring (bicyclic) bond motifs is 1. The molecule has 1 aromatic rings. The Labute approximate surface area is 96.0 Å². The predicted octanol–water partition coefficient (Wildman–Crippen LogP) is 1.13. The number of benzene rings is 1. The molecule has 0 spiro atoms. The van der Waals surface area contributed by atoms with Crippen molar-refractivity contribution in [2.24, 2.45) is 4.99 Å². The van der Waals surface area contributed by atoms with Gasteiger partial charge in [0.1, 0.15) is 0 Å². The number of hydrogen-bond acceptors (Lipinski definition) is 3. The molecule has 1 saturated heterocycles. The highest BCUT2D eigenvalue weighted by molar-refractivity contribution is 5.56. The Morgan fingerprint density at radius 2 is 2.00 bits per heavy atom. The van der Waals surface area contributed by atoms with Gasteiger partial charge in [-0.05, 0) is 17.9 Å². The van der Waals surface area contributed by atoms with Crippen LogP contribution in [0.4, 0.5) is 0 Å². The second-order valence-electron chi connectivity index (χ2n) is 4.63. The zero-order valence-corrected chi connectivity index (χ0v) is 9.26. The first-order valence-electron chi connectivity index (χ1n) is 5.96. The summed E-state index contributed by atoms with van der Waals surface area (Å²) in [4.78, 5) is 4.26. The molecular formula is C13H17N3. The molecule has 16 heavy (non-hydrogen) atoms. The van der Waals surface area contributed by atoms with E-state index >= 15 is 0 Å². The zero-order valence-electron chi connectivity index (χ0n) is 9.26. The third-order valence-electron chi connectivity index (χ3n) is 3.60. The summed E-state index contributed by atoms with van der Waals surface area (Å²) in [5.41, 5.74) is 1.44. The lowest BCUT2D eigenvalue weighted by molar-refractivity contribution is 0.300. The van der Waals surface area contributed by atoms with Gasteiger partial charge in [0, 0.05) is 18.6 Å². The Balaban J connectivity index is 1.74. The van der Waals surface area contributed by atoms with Crippen LogP contribution in [0.25, 0.3) is 0 Å². The fraction of sp³-hybridized carbons (Fsp3) is 0.462. The molecule has 0 aliphatic carbocycles. The van der Waals surface area contributed by atoms with Crippen LogP contribution in [0.1, 0.15) is 17.9 Å². The number of aliphatic imine (C=N–C) groups is 1.